The Labute approximate surface area is 575 Å². The minimum absolute atomic E-state index is 0.198. The summed E-state index contributed by atoms with van der Waals surface area (Å²) in [6, 6.07) is -0.828. The molecule has 12 unspecified atom stereocenters. The number of carbonyl (C=O) groups is 1. The number of nitrogens with one attached hydrogen (secondary N) is 1. The van der Waals surface area contributed by atoms with Gasteiger partial charge in [0.2, 0.25) is 5.91 Å². The molecule has 9 N–H and O–H groups in total. The third-order valence-electron chi connectivity index (χ3n) is 19.6. The van der Waals surface area contributed by atoms with Crippen LogP contribution in [0.25, 0.3) is 0 Å². The first-order chi connectivity index (χ1) is 46.1. The molecule has 1 amide bonds. The maximum Gasteiger partial charge on any atom is 0.220 e. The topological polar surface area (TPSA) is 228 Å². The van der Waals surface area contributed by atoms with E-state index in [0.717, 1.165) is 77.0 Å². The van der Waals surface area contributed by atoms with Crippen molar-refractivity contribution in [3.8, 4) is 0 Å². The van der Waals surface area contributed by atoms with Crippen molar-refractivity contribution in [1.82, 2.24) is 5.32 Å². The number of hydrogen-bond acceptors (Lipinski definition) is 13. The van der Waals surface area contributed by atoms with E-state index >= 15 is 0 Å². The number of unbranched alkanes of at least 4 members (excludes halogenated alkanes) is 46. The van der Waals surface area contributed by atoms with Gasteiger partial charge in [-0.15, -0.1) is 0 Å². The van der Waals surface area contributed by atoms with E-state index in [2.05, 4.69) is 67.8 Å². The molecule has 0 aromatic heterocycles. The fourth-order valence-corrected chi connectivity index (χ4v) is 13.3. The van der Waals surface area contributed by atoms with E-state index in [1.165, 1.54) is 257 Å². The number of rotatable bonds is 67. The van der Waals surface area contributed by atoms with Crippen LogP contribution in [0.1, 0.15) is 361 Å². The van der Waals surface area contributed by atoms with Gasteiger partial charge >= 0.3 is 0 Å². The highest BCUT2D eigenvalue weighted by atomic mass is 16.7. The van der Waals surface area contributed by atoms with Crippen molar-refractivity contribution in [2.24, 2.45) is 0 Å². The van der Waals surface area contributed by atoms with E-state index < -0.39 is 86.8 Å². The second kappa shape index (κ2) is 64.3. The quantitative estimate of drug-likeness (QED) is 0.0204. The van der Waals surface area contributed by atoms with Gasteiger partial charge in [-0.25, -0.2) is 0 Å². The second-order valence-corrected chi connectivity index (χ2v) is 28.2. The first-order valence-electron chi connectivity index (χ1n) is 39.9. The number of aliphatic hydroxyl groups excluding tert-OH is 8. The summed E-state index contributed by atoms with van der Waals surface area (Å²) >= 11 is 0. The maximum absolute atomic E-state index is 13.4. The molecule has 2 aliphatic rings. The molecule has 0 aliphatic carbocycles. The Balaban J connectivity index is 1.54. The lowest BCUT2D eigenvalue weighted by atomic mass is 9.97. The van der Waals surface area contributed by atoms with Crippen molar-refractivity contribution >= 4 is 5.91 Å². The van der Waals surface area contributed by atoms with E-state index in [4.69, 9.17) is 18.9 Å². The second-order valence-electron chi connectivity index (χ2n) is 28.2. The Hall–Kier alpha value is -2.05. The lowest BCUT2D eigenvalue weighted by molar-refractivity contribution is -0.359. The van der Waals surface area contributed by atoms with Gasteiger partial charge in [0.1, 0.15) is 48.8 Å². The van der Waals surface area contributed by atoms with Crippen molar-refractivity contribution in [3.05, 3.63) is 48.6 Å². The normalized spacial score (nSPS) is 22.7. The van der Waals surface area contributed by atoms with E-state index in [9.17, 15) is 45.6 Å². The minimum atomic E-state index is -1.78. The summed E-state index contributed by atoms with van der Waals surface area (Å²) in [5.74, 6) is -0.198. The molecule has 0 saturated carbocycles. The fraction of sp³-hybridized carbons (Fsp3) is 0.887. The zero-order valence-corrected chi connectivity index (χ0v) is 60.5. The summed E-state index contributed by atoms with van der Waals surface area (Å²) in [5.41, 5.74) is 0. The maximum atomic E-state index is 13.4. The van der Waals surface area contributed by atoms with Gasteiger partial charge in [-0.1, -0.05) is 351 Å². The molecule has 94 heavy (non-hydrogen) atoms. The van der Waals surface area contributed by atoms with E-state index in [1.54, 1.807) is 0 Å². The Morgan fingerprint density at radius 3 is 1.13 bits per heavy atom. The van der Waals surface area contributed by atoms with Gasteiger partial charge in [-0.05, 0) is 51.4 Å². The van der Waals surface area contributed by atoms with Crippen molar-refractivity contribution < 1.29 is 64.6 Å². The summed E-state index contributed by atoms with van der Waals surface area (Å²) in [6.07, 6.45) is 68.8. The highest BCUT2D eigenvalue weighted by Gasteiger charge is 2.51. The number of hydrogen-bond donors (Lipinski definition) is 9. The number of ether oxygens (including phenoxy) is 4. The zero-order chi connectivity index (χ0) is 68.0. The number of carbonyl (C=O) groups excluding carboxylic acids is 1. The van der Waals surface area contributed by atoms with E-state index in [-0.39, 0.29) is 12.5 Å². The molecule has 2 saturated heterocycles. The molecule has 2 fully saturated rings. The Morgan fingerprint density at radius 1 is 0.394 bits per heavy atom. The molecule has 0 bridgehead atoms. The zero-order valence-electron chi connectivity index (χ0n) is 60.5. The third kappa shape index (κ3) is 47.1. The highest BCUT2D eigenvalue weighted by Crippen LogP contribution is 2.30. The number of amides is 1. The molecular weight excluding hydrogens is 1180 g/mol. The Morgan fingerprint density at radius 2 is 0.734 bits per heavy atom. The van der Waals surface area contributed by atoms with Crippen LogP contribution in [0.3, 0.4) is 0 Å². The van der Waals surface area contributed by atoms with Gasteiger partial charge in [0, 0.05) is 6.42 Å². The largest absolute Gasteiger partial charge is 0.394 e. The molecule has 2 heterocycles. The average Bonchev–Trinajstić information content (AvgIpc) is 0.794. The standard InChI is InChI=1S/C80H149NO13/c1-3-5-7-9-11-13-15-17-19-21-23-24-25-26-27-28-29-30-31-32-33-34-35-36-37-38-39-40-41-42-43-44-46-48-50-52-54-56-58-60-62-64-72(85)81-68(69(84)63-61-59-57-55-53-51-49-47-45-22-20-18-16-14-12-10-8-6-4-2)67-91-79-77(90)75(88)78(71(66-83)93-79)94-80-76(89)74(87)73(86)70(65-82)92-80/h5,7,11,13,17,19,23-24,68-71,73-80,82-84,86-90H,3-4,6,8-10,12,14-16,18,20-22,25-67H2,1-2H3,(H,81,85)/b7-5-,13-11-,19-17-,24-23-. The lowest BCUT2D eigenvalue weighted by Gasteiger charge is -2.46. The Bertz CT molecular complexity index is 1760. The van der Waals surface area contributed by atoms with Crippen LogP contribution in [-0.2, 0) is 23.7 Å². The molecule has 14 heteroatoms. The van der Waals surface area contributed by atoms with Crippen LogP contribution in [0.4, 0.5) is 0 Å². The molecule has 14 nitrogen and oxygen atoms in total. The van der Waals surface area contributed by atoms with E-state index in [0.29, 0.717) is 12.8 Å². The van der Waals surface area contributed by atoms with Crippen LogP contribution in [0, 0.1) is 0 Å². The van der Waals surface area contributed by atoms with Crippen LogP contribution < -0.4 is 5.32 Å². The van der Waals surface area contributed by atoms with Crippen LogP contribution in [0.15, 0.2) is 48.6 Å². The van der Waals surface area contributed by atoms with Crippen molar-refractivity contribution in [1.29, 1.82) is 0 Å². The number of allylic oxidation sites excluding steroid dienone is 8. The molecule has 2 aliphatic heterocycles. The monoisotopic (exact) mass is 1330 g/mol. The van der Waals surface area contributed by atoms with Gasteiger partial charge < -0.3 is 65.1 Å². The number of aliphatic hydroxyl groups is 8. The van der Waals surface area contributed by atoms with Crippen LogP contribution in [-0.4, -0.2) is 140 Å². The van der Waals surface area contributed by atoms with Gasteiger partial charge in [0.25, 0.3) is 0 Å². The van der Waals surface area contributed by atoms with E-state index in [1.807, 2.05) is 0 Å². The predicted molar refractivity (Wildman–Crippen MR) is 388 cm³/mol. The first kappa shape index (κ1) is 88.0. The molecule has 2 rings (SSSR count). The summed E-state index contributed by atoms with van der Waals surface area (Å²) in [5, 5.41) is 87.7. The van der Waals surface area contributed by atoms with Gasteiger partial charge in [-0.3, -0.25) is 4.79 Å². The lowest BCUT2D eigenvalue weighted by Crippen LogP contribution is -2.65. The molecular formula is C80H149NO13. The fourth-order valence-electron chi connectivity index (χ4n) is 13.3. The van der Waals surface area contributed by atoms with Crippen LogP contribution >= 0.6 is 0 Å². The summed E-state index contributed by atoms with van der Waals surface area (Å²) in [6.45, 7) is 2.80. The summed E-state index contributed by atoms with van der Waals surface area (Å²) in [7, 11) is 0. The predicted octanol–water partition coefficient (Wildman–Crippen LogP) is 17.8. The van der Waals surface area contributed by atoms with Crippen LogP contribution in [0.5, 0.6) is 0 Å². The van der Waals surface area contributed by atoms with Crippen molar-refractivity contribution in [2.75, 3.05) is 19.8 Å². The van der Waals surface area contributed by atoms with Gasteiger partial charge in [0.15, 0.2) is 12.6 Å². The highest BCUT2D eigenvalue weighted by molar-refractivity contribution is 5.76. The molecule has 0 spiro atoms. The van der Waals surface area contributed by atoms with Crippen molar-refractivity contribution in [3.63, 3.8) is 0 Å². The molecule has 12 atom stereocenters. The van der Waals surface area contributed by atoms with Crippen LogP contribution in [0.2, 0.25) is 0 Å². The van der Waals surface area contributed by atoms with Crippen molar-refractivity contribution in [2.45, 2.75) is 434 Å². The van der Waals surface area contributed by atoms with Gasteiger partial charge in [0.05, 0.1) is 32.0 Å². The molecule has 0 aromatic rings. The summed E-state index contributed by atoms with van der Waals surface area (Å²) in [4.78, 5) is 13.4. The molecule has 0 aromatic carbocycles. The first-order valence-corrected chi connectivity index (χ1v) is 39.9. The third-order valence-corrected chi connectivity index (χ3v) is 19.6. The average molecular weight is 1330 g/mol. The summed E-state index contributed by atoms with van der Waals surface area (Å²) < 4.78 is 23.0. The SMILES string of the molecule is CC/C=C\C/C=C\C/C=C\C/C=C\CCCCCCCCCCCCCCCCCCCCCCCCCCCCCCC(=O)NC(COC1OC(CO)C(OC2OC(CO)C(O)C(O)C2O)C(O)C1O)C(O)CCCCCCCCCCCCCCCCCCCCC. The van der Waals surface area contributed by atoms with Gasteiger partial charge in [-0.2, -0.15) is 0 Å². The minimum Gasteiger partial charge on any atom is -0.394 e. The molecule has 0 radical (unpaired) electrons. The Kier molecular flexibility index (Phi) is 60.3. The molecule has 552 valence electrons. The smallest absolute Gasteiger partial charge is 0.220 e.